The first-order valence-electron chi connectivity index (χ1n) is 12.0. The molecule has 0 amide bonds. The van der Waals surface area contributed by atoms with E-state index in [9.17, 15) is 0 Å². The van der Waals surface area contributed by atoms with Crippen LogP contribution in [0, 0.1) is 11.3 Å². The SMILES string of the molecule is C=C(C1CCN(C(=N)c2ccc(-c3cccc(C4CC4)c3)cc2)CC1)C1(NC)CCC1. The van der Waals surface area contributed by atoms with Gasteiger partial charge in [-0.2, -0.15) is 0 Å². The first kappa shape index (κ1) is 20.5. The Labute approximate surface area is 187 Å². The third-order valence-electron chi connectivity index (χ3n) is 8.03. The second kappa shape index (κ2) is 8.27. The Hall–Kier alpha value is -2.39. The first-order valence-corrected chi connectivity index (χ1v) is 12.0. The normalized spacial score (nSPS) is 20.9. The van der Waals surface area contributed by atoms with Gasteiger partial charge in [0.2, 0.25) is 0 Å². The molecular formula is C28H35N3. The molecule has 2 aliphatic carbocycles. The van der Waals surface area contributed by atoms with Crippen molar-refractivity contribution in [3.63, 3.8) is 0 Å². The third-order valence-corrected chi connectivity index (χ3v) is 8.03. The Morgan fingerprint density at radius 2 is 1.71 bits per heavy atom. The Bertz CT molecular complexity index is 952. The van der Waals surface area contributed by atoms with E-state index >= 15 is 0 Å². The van der Waals surface area contributed by atoms with Crippen LogP contribution in [0.4, 0.5) is 0 Å². The molecule has 0 bridgehead atoms. The lowest BCUT2D eigenvalue weighted by molar-refractivity contribution is 0.199. The second-order valence-electron chi connectivity index (χ2n) is 9.80. The smallest absolute Gasteiger partial charge is 0.128 e. The highest BCUT2D eigenvalue weighted by Gasteiger charge is 2.41. The predicted octanol–water partition coefficient (Wildman–Crippen LogP) is 5.97. The van der Waals surface area contributed by atoms with Gasteiger partial charge >= 0.3 is 0 Å². The summed E-state index contributed by atoms with van der Waals surface area (Å²) in [6.07, 6.45) is 8.65. The summed E-state index contributed by atoms with van der Waals surface area (Å²) in [6.45, 7) is 6.40. The minimum atomic E-state index is 0.187. The average molecular weight is 414 g/mol. The number of hydrogen-bond acceptors (Lipinski definition) is 2. The van der Waals surface area contributed by atoms with Crippen LogP contribution in [0.1, 0.15) is 62.0 Å². The van der Waals surface area contributed by atoms with Crippen molar-refractivity contribution in [1.82, 2.24) is 10.2 Å². The van der Waals surface area contributed by atoms with E-state index in [0.29, 0.717) is 11.8 Å². The molecular weight excluding hydrogens is 378 g/mol. The predicted molar refractivity (Wildman–Crippen MR) is 130 cm³/mol. The van der Waals surface area contributed by atoms with Crippen molar-refractivity contribution in [3.05, 3.63) is 71.8 Å². The van der Waals surface area contributed by atoms with Gasteiger partial charge in [-0.25, -0.2) is 0 Å². The zero-order valence-corrected chi connectivity index (χ0v) is 18.8. The van der Waals surface area contributed by atoms with Gasteiger partial charge in [0.25, 0.3) is 0 Å². The molecule has 162 valence electrons. The molecule has 1 saturated heterocycles. The summed E-state index contributed by atoms with van der Waals surface area (Å²) in [6, 6.07) is 17.6. The van der Waals surface area contributed by atoms with Gasteiger partial charge in [-0.05, 0) is 80.5 Å². The number of benzene rings is 2. The van der Waals surface area contributed by atoms with Crippen LogP contribution in [0.5, 0.6) is 0 Å². The molecule has 3 aliphatic rings. The Kier molecular flexibility index (Phi) is 5.47. The van der Waals surface area contributed by atoms with E-state index in [4.69, 9.17) is 5.41 Å². The molecule has 3 nitrogen and oxygen atoms in total. The van der Waals surface area contributed by atoms with E-state index in [0.717, 1.165) is 37.4 Å². The maximum atomic E-state index is 8.77. The van der Waals surface area contributed by atoms with Crippen molar-refractivity contribution in [1.29, 1.82) is 5.41 Å². The molecule has 2 aromatic rings. The fourth-order valence-corrected chi connectivity index (χ4v) is 5.50. The number of nitrogens with zero attached hydrogens (tertiary/aromatic N) is 1. The zero-order chi connectivity index (χ0) is 21.4. The molecule has 1 heterocycles. The van der Waals surface area contributed by atoms with Crippen LogP contribution in [0.25, 0.3) is 11.1 Å². The van der Waals surface area contributed by atoms with Gasteiger partial charge in [0.1, 0.15) is 5.84 Å². The minimum absolute atomic E-state index is 0.187. The van der Waals surface area contributed by atoms with Crippen LogP contribution < -0.4 is 5.32 Å². The minimum Gasteiger partial charge on any atom is -0.357 e. The van der Waals surface area contributed by atoms with E-state index in [2.05, 4.69) is 72.4 Å². The average Bonchev–Trinajstić information content (AvgIpc) is 3.64. The molecule has 0 aromatic heterocycles. The summed E-state index contributed by atoms with van der Waals surface area (Å²) in [5.74, 6) is 2.02. The van der Waals surface area contributed by atoms with E-state index in [-0.39, 0.29) is 5.54 Å². The second-order valence-corrected chi connectivity index (χ2v) is 9.80. The quantitative estimate of drug-likeness (QED) is 0.348. The summed E-state index contributed by atoms with van der Waals surface area (Å²) in [5.41, 5.74) is 6.62. The summed E-state index contributed by atoms with van der Waals surface area (Å²) in [4.78, 5) is 2.25. The number of piperidine rings is 1. The number of likely N-dealkylation sites (N-methyl/N-ethyl adjacent to an activating group) is 1. The van der Waals surface area contributed by atoms with Crippen LogP contribution >= 0.6 is 0 Å². The van der Waals surface area contributed by atoms with E-state index < -0.39 is 0 Å². The lowest BCUT2D eigenvalue weighted by Gasteiger charge is -2.47. The van der Waals surface area contributed by atoms with Crippen LogP contribution in [0.15, 0.2) is 60.7 Å². The van der Waals surface area contributed by atoms with Gasteiger partial charge in [-0.15, -0.1) is 0 Å². The summed E-state index contributed by atoms with van der Waals surface area (Å²) >= 11 is 0. The van der Waals surface area contributed by atoms with Crippen molar-refractivity contribution in [3.8, 4) is 11.1 Å². The fraction of sp³-hybridized carbons (Fsp3) is 0.464. The standard InChI is InChI=1S/C28H35N3/c1-20(28(30-2)15-4-16-28)21-13-17-31(18-14-21)27(29)24-11-9-23(10-12-24)26-6-3-5-25(19-26)22-7-8-22/h3,5-6,9-12,19,21-22,29-30H,1,4,7-8,13-18H2,2H3. The van der Waals surface area contributed by atoms with Gasteiger partial charge in [-0.1, -0.05) is 60.7 Å². The molecule has 0 atom stereocenters. The maximum Gasteiger partial charge on any atom is 0.128 e. The van der Waals surface area contributed by atoms with Crippen molar-refractivity contribution in [2.24, 2.45) is 5.92 Å². The van der Waals surface area contributed by atoms with Crippen LogP contribution in [-0.2, 0) is 0 Å². The molecule has 2 N–H and O–H groups in total. The molecule has 2 saturated carbocycles. The molecule has 31 heavy (non-hydrogen) atoms. The van der Waals surface area contributed by atoms with Gasteiger partial charge in [0, 0.05) is 24.2 Å². The Morgan fingerprint density at radius 3 is 2.29 bits per heavy atom. The van der Waals surface area contributed by atoms with Crippen LogP contribution in [0.2, 0.25) is 0 Å². The summed E-state index contributed by atoms with van der Waals surface area (Å²) in [5, 5.41) is 12.3. The van der Waals surface area contributed by atoms with Gasteiger partial charge in [0.15, 0.2) is 0 Å². The number of rotatable bonds is 6. The highest BCUT2D eigenvalue weighted by atomic mass is 15.2. The Morgan fingerprint density at radius 1 is 1.00 bits per heavy atom. The lowest BCUT2D eigenvalue weighted by atomic mass is 9.66. The highest BCUT2D eigenvalue weighted by Crippen LogP contribution is 2.43. The van der Waals surface area contributed by atoms with E-state index in [1.807, 2.05) is 0 Å². The molecule has 0 spiro atoms. The van der Waals surface area contributed by atoms with Crippen molar-refractivity contribution in [2.75, 3.05) is 20.1 Å². The Balaban J connectivity index is 1.21. The molecule has 3 heteroatoms. The molecule has 0 radical (unpaired) electrons. The number of amidine groups is 1. The van der Waals surface area contributed by atoms with Gasteiger partial charge < -0.3 is 10.2 Å². The van der Waals surface area contributed by atoms with Gasteiger partial charge in [0.05, 0.1) is 0 Å². The molecule has 1 aliphatic heterocycles. The fourth-order valence-electron chi connectivity index (χ4n) is 5.50. The van der Waals surface area contributed by atoms with Crippen molar-refractivity contribution >= 4 is 5.84 Å². The van der Waals surface area contributed by atoms with Gasteiger partial charge in [-0.3, -0.25) is 5.41 Å². The first-order chi connectivity index (χ1) is 15.1. The monoisotopic (exact) mass is 413 g/mol. The van der Waals surface area contributed by atoms with Crippen molar-refractivity contribution in [2.45, 2.75) is 56.4 Å². The van der Waals surface area contributed by atoms with E-state index in [1.165, 1.54) is 54.4 Å². The number of likely N-dealkylation sites (tertiary alicyclic amines) is 1. The molecule has 0 unspecified atom stereocenters. The summed E-state index contributed by atoms with van der Waals surface area (Å²) < 4.78 is 0. The van der Waals surface area contributed by atoms with E-state index in [1.54, 1.807) is 0 Å². The van der Waals surface area contributed by atoms with Crippen LogP contribution in [0.3, 0.4) is 0 Å². The topological polar surface area (TPSA) is 39.1 Å². The maximum absolute atomic E-state index is 8.77. The molecule has 5 rings (SSSR count). The number of hydrogen-bond donors (Lipinski definition) is 2. The van der Waals surface area contributed by atoms with Crippen LogP contribution in [-0.4, -0.2) is 36.4 Å². The molecule has 3 fully saturated rings. The largest absolute Gasteiger partial charge is 0.357 e. The van der Waals surface area contributed by atoms with Crippen molar-refractivity contribution < 1.29 is 0 Å². The highest BCUT2D eigenvalue weighted by molar-refractivity contribution is 5.96. The lowest BCUT2D eigenvalue weighted by Crippen LogP contribution is -2.53. The number of nitrogens with one attached hydrogen (secondary N) is 2. The summed E-state index contributed by atoms with van der Waals surface area (Å²) in [7, 11) is 2.08. The zero-order valence-electron chi connectivity index (χ0n) is 18.8. The molecule has 2 aromatic carbocycles. The third kappa shape index (κ3) is 3.96.